The summed E-state index contributed by atoms with van der Waals surface area (Å²) in [6.07, 6.45) is -3.22. The van der Waals surface area contributed by atoms with Crippen molar-refractivity contribution >= 4 is 10.0 Å². The van der Waals surface area contributed by atoms with E-state index < -0.39 is 44.2 Å². The second-order valence-electron chi connectivity index (χ2n) is 6.17. The first kappa shape index (κ1) is 17.6. The lowest BCUT2D eigenvalue weighted by Crippen LogP contribution is -2.57. The average molecular weight is 370 g/mol. The number of likely N-dealkylation sites (tertiary alicyclic amines) is 1. The maximum absolute atomic E-state index is 13.8. The molecule has 0 amide bonds. The molecule has 1 heterocycles. The zero-order valence-electron chi connectivity index (χ0n) is 12.4. The van der Waals surface area contributed by atoms with E-state index >= 15 is 0 Å². The van der Waals surface area contributed by atoms with E-state index in [1.54, 1.807) is 0 Å². The Labute approximate surface area is 135 Å². The standard InChI is InChI=1S/C14H15F5N2O2S/c15-12-3-8(14(17,18)19)4-13(16)11(12)7-21-5-10(6-21)24(22,23)20-9-1-2-9/h3-4,9-10,20H,1-2,5-7H2. The van der Waals surface area contributed by atoms with Crippen LogP contribution in [0.3, 0.4) is 0 Å². The van der Waals surface area contributed by atoms with Crippen molar-refractivity contribution in [3.8, 4) is 0 Å². The SMILES string of the molecule is O=S(=O)(NC1CC1)C1CN(Cc2c(F)cc(C(F)(F)F)cc2F)C1. The Kier molecular flexibility index (Phi) is 4.33. The van der Waals surface area contributed by atoms with Crippen LogP contribution in [0.2, 0.25) is 0 Å². The molecule has 0 aromatic heterocycles. The molecule has 1 saturated heterocycles. The summed E-state index contributed by atoms with van der Waals surface area (Å²) in [6.45, 7) is -0.102. The summed E-state index contributed by atoms with van der Waals surface area (Å²) in [5.74, 6) is -2.57. The minimum Gasteiger partial charge on any atom is -0.296 e. The van der Waals surface area contributed by atoms with Gasteiger partial charge in [-0.25, -0.2) is 21.9 Å². The van der Waals surface area contributed by atoms with Crippen LogP contribution < -0.4 is 4.72 Å². The molecule has 1 N–H and O–H groups in total. The third-order valence-corrected chi connectivity index (χ3v) is 5.96. The first-order valence-corrected chi connectivity index (χ1v) is 8.89. The number of alkyl halides is 3. The van der Waals surface area contributed by atoms with Gasteiger partial charge >= 0.3 is 6.18 Å². The van der Waals surface area contributed by atoms with Gasteiger partial charge in [0.2, 0.25) is 10.0 Å². The van der Waals surface area contributed by atoms with Crippen LogP contribution in [0, 0.1) is 11.6 Å². The van der Waals surface area contributed by atoms with E-state index in [0.717, 1.165) is 12.8 Å². The van der Waals surface area contributed by atoms with Gasteiger partial charge in [0.1, 0.15) is 16.9 Å². The minimum atomic E-state index is -4.83. The topological polar surface area (TPSA) is 49.4 Å². The summed E-state index contributed by atoms with van der Waals surface area (Å²) in [5.41, 5.74) is -1.88. The highest BCUT2D eigenvalue weighted by Crippen LogP contribution is 2.32. The number of hydrogen-bond donors (Lipinski definition) is 1. The van der Waals surface area contributed by atoms with Crippen LogP contribution in [-0.4, -0.2) is 37.7 Å². The highest BCUT2D eigenvalue weighted by Gasteiger charge is 2.40. The van der Waals surface area contributed by atoms with Crippen LogP contribution >= 0.6 is 0 Å². The number of sulfonamides is 1. The third kappa shape index (κ3) is 3.70. The van der Waals surface area contributed by atoms with Gasteiger partial charge < -0.3 is 0 Å². The van der Waals surface area contributed by atoms with Gasteiger partial charge in [0, 0.05) is 31.2 Å². The first-order valence-electron chi connectivity index (χ1n) is 7.35. The van der Waals surface area contributed by atoms with Gasteiger partial charge in [-0.2, -0.15) is 13.2 Å². The summed E-state index contributed by atoms with van der Waals surface area (Å²) in [4.78, 5) is 1.48. The predicted octanol–water partition coefficient (Wildman–Crippen LogP) is 2.25. The molecule has 0 bridgehead atoms. The number of benzene rings is 1. The van der Waals surface area contributed by atoms with E-state index in [1.807, 2.05) is 0 Å². The number of hydrogen-bond acceptors (Lipinski definition) is 3. The quantitative estimate of drug-likeness (QED) is 0.809. The maximum Gasteiger partial charge on any atom is 0.416 e. The molecule has 0 spiro atoms. The Hall–Kier alpha value is -1.26. The van der Waals surface area contributed by atoms with Crippen molar-refractivity contribution < 1.29 is 30.4 Å². The van der Waals surface area contributed by atoms with Gasteiger partial charge in [-0.15, -0.1) is 0 Å². The molecule has 2 aliphatic rings. The molecule has 0 atom stereocenters. The number of nitrogens with zero attached hydrogens (tertiary/aromatic N) is 1. The predicted molar refractivity (Wildman–Crippen MR) is 75.5 cm³/mol. The van der Waals surface area contributed by atoms with Crippen molar-refractivity contribution in [1.29, 1.82) is 0 Å². The van der Waals surface area contributed by atoms with Crippen molar-refractivity contribution in [3.63, 3.8) is 0 Å². The Balaban J connectivity index is 1.64. The van der Waals surface area contributed by atoms with E-state index in [0.29, 0.717) is 0 Å². The Bertz CT molecular complexity index is 717. The van der Waals surface area contributed by atoms with E-state index in [1.165, 1.54) is 4.90 Å². The van der Waals surface area contributed by atoms with Crippen molar-refractivity contribution in [2.24, 2.45) is 0 Å². The number of nitrogens with one attached hydrogen (secondary N) is 1. The van der Waals surface area contributed by atoms with Crippen molar-refractivity contribution in [2.75, 3.05) is 13.1 Å². The zero-order valence-corrected chi connectivity index (χ0v) is 13.2. The zero-order chi connectivity index (χ0) is 17.7. The lowest BCUT2D eigenvalue weighted by Gasteiger charge is -2.38. The van der Waals surface area contributed by atoms with E-state index in [9.17, 15) is 30.4 Å². The van der Waals surface area contributed by atoms with Crippen LogP contribution in [0.15, 0.2) is 12.1 Å². The van der Waals surface area contributed by atoms with Crippen LogP contribution in [0.25, 0.3) is 0 Å². The fraction of sp³-hybridized carbons (Fsp3) is 0.571. The van der Waals surface area contributed by atoms with Gasteiger partial charge in [-0.05, 0) is 25.0 Å². The van der Waals surface area contributed by atoms with E-state index in [-0.39, 0.29) is 37.8 Å². The molecule has 1 aromatic carbocycles. The van der Waals surface area contributed by atoms with Crippen molar-refractivity contribution in [1.82, 2.24) is 9.62 Å². The molecular formula is C14H15F5N2O2S. The second kappa shape index (κ2) is 5.92. The molecule has 10 heteroatoms. The molecule has 24 heavy (non-hydrogen) atoms. The average Bonchev–Trinajstić information content (AvgIpc) is 3.16. The van der Waals surface area contributed by atoms with Gasteiger partial charge in [-0.3, -0.25) is 4.90 Å². The normalized spacial score (nSPS) is 20.2. The monoisotopic (exact) mass is 370 g/mol. The number of rotatable bonds is 5. The molecule has 1 aliphatic carbocycles. The van der Waals surface area contributed by atoms with Crippen LogP contribution in [0.4, 0.5) is 22.0 Å². The fourth-order valence-electron chi connectivity index (χ4n) is 2.52. The molecule has 3 rings (SSSR count). The summed E-state index contributed by atoms with van der Waals surface area (Å²) < 4.78 is 91.4. The minimum absolute atomic E-state index is 0.0196. The molecule has 1 aliphatic heterocycles. The molecular weight excluding hydrogens is 355 g/mol. The van der Waals surface area contributed by atoms with Gasteiger partial charge in [0.15, 0.2) is 0 Å². The van der Waals surface area contributed by atoms with E-state index in [4.69, 9.17) is 0 Å². The van der Waals surface area contributed by atoms with Crippen LogP contribution in [-0.2, 0) is 22.7 Å². The van der Waals surface area contributed by atoms with Crippen molar-refractivity contribution in [3.05, 3.63) is 34.9 Å². The number of halogens is 5. The summed E-state index contributed by atoms with van der Waals surface area (Å²) >= 11 is 0. The van der Waals surface area contributed by atoms with Gasteiger partial charge in [0.25, 0.3) is 0 Å². The fourth-order valence-corrected chi connectivity index (χ4v) is 4.23. The first-order chi connectivity index (χ1) is 11.1. The Morgan fingerprint density at radius 3 is 2.12 bits per heavy atom. The largest absolute Gasteiger partial charge is 0.416 e. The lowest BCUT2D eigenvalue weighted by atomic mass is 10.1. The highest BCUT2D eigenvalue weighted by atomic mass is 32.2. The summed E-state index contributed by atoms with van der Waals surface area (Å²) in [7, 11) is -3.46. The highest BCUT2D eigenvalue weighted by molar-refractivity contribution is 7.90. The van der Waals surface area contributed by atoms with Crippen LogP contribution in [0.5, 0.6) is 0 Å². The molecule has 2 fully saturated rings. The Morgan fingerprint density at radius 2 is 1.67 bits per heavy atom. The molecule has 134 valence electrons. The van der Waals surface area contributed by atoms with Gasteiger partial charge in [0.05, 0.1) is 5.56 Å². The smallest absolute Gasteiger partial charge is 0.296 e. The van der Waals surface area contributed by atoms with Crippen LogP contribution in [0.1, 0.15) is 24.0 Å². The maximum atomic E-state index is 13.8. The molecule has 4 nitrogen and oxygen atoms in total. The Morgan fingerprint density at radius 1 is 1.12 bits per heavy atom. The molecule has 0 radical (unpaired) electrons. The summed E-state index contributed by atoms with van der Waals surface area (Å²) in [6, 6.07) is 0.483. The van der Waals surface area contributed by atoms with E-state index in [2.05, 4.69) is 4.72 Å². The molecule has 0 unspecified atom stereocenters. The summed E-state index contributed by atoms with van der Waals surface area (Å²) in [5, 5.41) is -0.668. The van der Waals surface area contributed by atoms with Gasteiger partial charge in [-0.1, -0.05) is 0 Å². The molecule has 1 aromatic rings. The second-order valence-corrected chi connectivity index (χ2v) is 8.16. The third-order valence-electron chi connectivity index (χ3n) is 4.12. The van der Waals surface area contributed by atoms with Crippen molar-refractivity contribution in [2.45, 2.75) is 36.9 Å². The lowest BCUT2D eigenvalue weighted by molar-refractivity contribution is -0.138. The molecule has 1 saturated carbocycles.